The Balaban J connectivity index is 0.646. The molecule has 10 rings (SSSR count). The molecule has 0 saturated carbocycles. The van der Waals surface area contributed by atoms with Crippen LogP contribution in [0.5, 0.6) is 23.0 Å². The van der Waals surface area contributed by atoms with Crippen LogP contribution in [0.3, 0.4) is 0 Å². The highest BCUT2D eigenvalue weighted by molar-refractivity contribution is 8.00. The fraction of sp³-hybridized carbons (Fsp3) is 0.500. The number of carboxylic acid groups (broad SMARTS) is 5. The topological polar surface area (TPSA) is 738 Å². The molecule has 0 spiro atoms. The number of H-pyrrole nitrogens is 1. The number of carbonyl (C=O) groups is 18. The van der Waals surface area contributed by atoms with Gasteiger partial charge >= 0.3 is 29.8 Å². The van der Waals surface area contributed by atoms with Crippen molar-refractivity contribution < 1.29 is 136 Å². The van der Waals surface area contributed by atoms with Crippen molar-refractivity contribution in [3.8, 4) is 23.0 Å². The zero-order valence-corrected chi connectivity index (χ0v) is 82.0. The van der Waals surface area contributed by atoms with E-state index in [2.05, 4.69) is 75.3 Å². The molecule has 0 aliphatic carbocycles. The number of carboxylic acids is 5. The maximum atomic E-state index is 14.6. The van der Waals surface area contributed by atoms with E-state index in [0.29, 0.717) is 102 Å². The van der Waals surface area contributed by atoms with Gasteiger partial charge in [-0.3, -0.25) is 107 Å². The van der Waals surface area contributed by atoms with Crippen LogP contribution in [0.25, 0.3) is 11.2 Å². The number of nitrogens with one attached hydrogen (secondary N) is 9. The summed E-state index contributed by atoms with van der Waals surface area (Å²) in [5.74, 6) is -24.3. The number of unbranched alkanes of at least 4 members (excludes halogenated alkanes) is 4. The number of thioether (sulfide) groups is 1. The van der Waals surface area contributed by atoms with Crippen molar-refractivity contribution in [2.24, 2.45) is 34.4 Å². The number of aliphatic imine (C=N–C) groups is 1. The van der Waals surface area contributed by atoms with Crippen molar-refractivity contribution in [3.63, 3.8) is 0 Å². The number of fused-ring (bicyclic) bond motifs is 3. The number of hydrogen-bond acceptors (Lipinski definition) is 33. The maximum absolute atomic E-state index is 14.6. The van der Waals surface area contributed by atoms with Crippen LogP contribution < -0.4 is 78.9 Å². The highest BCUT2D eigenvalue weighted by atomic mass is 32.2. The lowest BCUT2D eigenvalue weighted by Gasteiger charge is -2.35. The first-order chi connectivity index (χ1) is 69.4. The van der Waals surface area contributed by atoms with Gasteiger partial charge in [-0.1, -0.05) is 44.6 Å². The van der Waals surface area contributed by atoms with Crippen molar-refractivity contribution in [2.45, 2.75) is 210 Å². The number of imide groups is 1. The molecule has 49 nitrogen and oxygen atoms in total. The minimum Gasteiger partial charge on any atom is -0.493 e. The Morgan fingerprint density at radius 2 is 1.29 bits per heavy atom. The fourth-order valence-corrected chi connectivity index (χ4v) is 18.5. The van der Waals surface area contributed by atoms with Gasteiger partial charge < -0.3 is 118 Å². The molecule has 146 heavy (non-hydrogen) atoms. The third-order valence-electron chi connectivity index (χ3n) is 24.9. The quantitative estimate of drug-likeness (QED) is 0.00664. The Kier molecular flexibility index (Phi) is 40.5. The summed E-state index contributed by atoms with van der Waals surface area (Å²) < 4.78 is 29.7. The number of benzene rings is 3. The monoisotopic (exact) mass is 2050 g/mol. The molecular weight excluding hydrogens is 1930 g/mol. The predicted octanol–water partition coefficient (Wildman–Crippen LogP) is 2.77. The highest BCUT2D eigenvalue weighted by Gasteiger charge is 2.47. The van der Waals surface area contributed by atoms with E-state index in [1.165, 1.54) is 73.5 Å². The number of ketones is 3. The van der Waals surface area contributed by atoms with E-state index >= 15 is 0 Å². The summed E-state index contributed by atoms with van der Waals surface area (Å²) in [5.41, 5.74) is 20.5. The van der Waals surface area contributed by atoms with E-state index in [0.717, 1.165) is 10.5 Å². The Morgan fingerprint density at radius 3 is 1.94 bits per heavy atom. The van der Waals surface area contributed by atoms with Crippen molar-refractivity contribution in [2.75, 3.05) is 89.3 Å². The van der Waals surface area contributed by atoms with Crippen LogP contribution in [-0.4, -0.2) is 310 Å². The zero-order chi connectivity index (χ0) is 107. The Bertz CT molecular complexity index is 5920. The smallest absolute Gasteiger partial charge is 0.326 e. The number of amides is 10. The van der Waals surface area contributed by atoms with Crippen molar-refractivity contribution in [1.29, 1.82) is 5.41 Å². The number of aromatic nitrogens is 4. The molecule has 20 N–H and O–H groups in total. The van der Waals surface area contributed by atoms with Crippen LogP contribution in [-0.2, 0) is 83.2 Å². The number of guanidine groups is 1. The Hall–Kier alpha value is -15.5. The number of carbonyl (C=O) groups excluding carboxylic acids is 13. The third-order valence-corrected chi connectivity index (χ3v) is 26.3. The third kappa shape index (κ3) is 31.2. The number of anilines is 3. The number of hydrogen-bond donors (Lipinski definition) is 17. The number of ether oxygens (including phenoxy) is 5. The van der Waals surface area contributed by atoms with Crippen LogP contribution in [0.1, 0.15) is 186 Å². The van der Waals surface area contributed by atoms with Crippen LogP contribution in [0.2, 0.25) is 0 Å². The van der Waals surface area contributed by atoms with E-state index in [9.17, 15) is 117 Å². The van der Waals surface area contributed by atoms with Gasteiger partial charge in [0, 0.05) is 112 Å². The molecule has 12 atom stereocenters. The Labute approximate surface area is 840 Å². The van der Waals surface area contributed by atoms with E-state index in [1.54, 1.807) is 37.1 Å². The van der Waals surface area contributed by atoms with E-state index in [4.69, 9.17) is 46.3 Å². The molecular formula is C96H122N20O29S. The molecule has 2 aromatic heterocycles. The number of methoxy groups -OCH3 is 2. The second kappa shape index (κ2) is 52.6. The first kappa shape index (κ1) is 112. The van der Waals surface area contributed by atoms with Crippen LogP contribution in [0.15, 0.2) is 88.8 Å². The first-order valence-electron chi connectivity index (χ1n) is 47.3. The van der Waals surface area contributed by atoms with Gasteiger partial charge in [0.1, 0.15) is 23.9 Å². The summed E-state index contributed by atoms with van der Waals surface area (Å²) in [6.07, 6.45) is -2.81. The number of rotatable bonds is 58. The molecule has 4 saturated heterocycles. The molecule has 5 aliphatic heterocycles. The average Bonchev–Trinajstić information content (AvgIpc) is 1.62. The second-order valence-corrected chi connectivity index (χ2v) is 37.6. The van der Waals surface area contributed by atoms with Gasteiger partial charge in [-0.2, -0.15) is 4.98 Å². The summed E-state index contributed by atoms with van der Waals surface area (Å²) in [6.45, 7) is 14.3. The molecule has 4 fully saturated rings. The Morgan fingerprint density at radius 1 is 0.651 bits per heavy atom. The van der Waals surface area contributed by atoms with E-state index in [1.807, 2.05) is 0 Å². The van der Waals surface area contributed by atoms with Crippen molar-refractivity contribution >= 4 is 164 Å². The van der Waals surface area contributed by atoms with E-state index < -0.39 is 247 Å². The molecule has 3 aromatic carbocycles. The number of nitrogens with two attached hydrogens (primary N) is 3. The molecule has 7 heterocycles. The van der Waals surface area contributed by atoms with Gasteiger partial charge in [-0.05, 0) is 113 Å². The minimum absolute atomic E-state index is 0.0162. The largest absolute Gasteiger partial charge is 0.493 e. The standard InChI is InChI=1S/C96H122N20O29S/c1-48(2)80(86(131)105-51(5)88(133)114-25-28-145-92(114)67-30-50(4)46-116(67)89(134)60-36-70(141-6)72(38-62(60)97)143-26-12-9-13-27-144-73-39-65-61(37-71(73)142-7)90(135)115-45-49(3)29-58(115)44-103-65)110-75(120)16-10-8-11-24-113-76(121)41-74(91(113)136)146-47-55(93(137)138)33-69(119)66(40-79(126)127)109-85(130)54(35-78(124)125)32-68(118)63(15-14-23-101-95(98)99)107-84(129)53(34-77(122)123)31-59(117)21-22-64(94(139)140)108-83(128)52-17-19-56(20-18-52)102-42-57-43-104-82-81(106-57)87(132)112-96(100)111-82/h17-20,36-39,43-44,48,51,53-55,58,63-64,66-67,74,80,92,102H,3-4,8-16,21-35,40-42,45-47,97H2,1-2,5-7H3,(H,105,131)(H,107,129)(H,108,128)(H,109,130)(H,110,120)(H,122,123)(H,124,125)(H,126,127)(H,137,138)(H,139,140)(H4,98,99,101)(H3,100,104,111,112,132)/t51-,53-,54-,55-,58-,63-,64-,66-,67-,74?,80-,92?/m0/s1. The van der Waals surface area contributed by atoms with Crippen molar-refractivity contribution in [3.05, 3.63) is 112 Å². The van der Waals surface area contributed by atoms with Crippen LogP contribution in [0, 0.1) is 29.1 Å². The van der Waals surface area contributed by atoms with Gasteiger partial charge in [0.15, 0.2) is 57.9 Å². The maximum Gasteiger partial charge on any atom is 0.326 e. The molecule has 50 heteroatoms. The van der Waals surface area contributed by atoms with Gasteiger partial charge in [-0.15, -0.1) is 11.8 Å². The normalized spacial score (nSPS) is 17.5. The molecule has 2 unspecified atom stereocenters. The lowest BCUT2D eigenvalue weighted by molar-refractivity contribution is -0.145. The van der Waals surface area contributed by atoms with Gasteiger partial charge in [0.2, 0.25) is 47.3 Å². The zero-order valence-electron chi connectivity index (χ0n) is 81.2. The van der Waals surface area contributed by atoms with Gasteiger partial charge in [0.25, 0.3) is 23.3 Å². The molecule has 10 amide bonds. The molecule has 5 aliphatic rings. The van der Waals surface area contributed by atoms with Crippen LogP contribution >= 0.6 is 11.8 Å². The van der Waals surface area contributed by atoms with E-state index in [-0.39, 0.29) is 136 Å². The number of nitrogens with zero attached hydrogens (tertiary/aromatic N) is 8. The summed E-state index contributed by atoms with van der Waals surface area (Å²) in [4.78, 5) is 279. The minimum atomic E-state index is -2.08. The highest BCUT2D eigenvalue weighted by Crippen LogP contribution is 2.41. The average molecular weight is 2050 g/mol. The predicted molar refractivity (Wildman–Crippen MR) is 523 cm³/mol. The van der Waals surface area contributed by atoms with Gasteiger partial charge in [-0.25, -0.2) is 14.8 Å². The number of Topliss-reactive ketones (excluding diaryl/α,β-unsaturated/α-hetero) is 3. The van der Waals surface area contributed by atoms with Crippen molar-refractivity contribution in [1.82, 2.24) is 71.4 Å². The molecule has 786 valence electrons. The lowest BCUT2D eigenvalue weighted by atomic mass is 9.90. The molecule has 5 aromatic rings. The number of nitrogen functional groups attached to an aromatic ring is 2. The number of aromatic amines is 1. The number of aliphatic carboxylic acids is 5. The SMILES string of the molecule is C=C1C[C@H]2C=Nc3cc(OCCCCCOc4cc(N)c(C(=O)N5CC(=C)C[C@H]5C5OCCN5C(=O)[C@H](C)NC(=O)[C@@H](NC(=O)CCCCCN5C(=O)CC(SC[C@H](CC(=O)[C@H](CC(=O)O)NC(=O)[C@H](CC(=O)O)CC(=O)[C@H](CCCNC(=N)N)NC(=O)[C@H](CC(=O)O)CC(=O)CC[C@H](NC(=O)c6ccc(NCc7cnc8nc(N)[nH]c(=O)c8n7)cc6)C(=O)O)C(=O)O)C5=O)C(C)C)cc4OC)c(OC)cc3C(=O)N2C1. The molecule has 0 bridgehead atoms. The van der Waals surface area contributed by atoms with Crippen LogP contribution in [0.4, 0.5) is 23.0 Å². The fourth-order valence-electron chi connectivity index (χ4n) is 17.2. The summed E-state index contributed by atoms with van der Waals surface area (Å²) >= 11 is 0.707. The summed E-state index contributed by atoms with van der Waals surface area (Å²) in [6, 6.07) is 3.34. The second-order valence-electron chi connectivity index (χ2n) is 36.3. The first-order valence-corrected chi connectivity index (χ1v) is 48.4. The van der Waals surface area contributed by atoms with Gasteiger partial charge in [0.05, 0.1) is 136 Å². The summed E-state index contributed by atoms with van der Waals surface area (Å²) in [5, 5.41) is 74.2. The summed E-state index contributed by atoms with van der Waals surface area (Å²) in [7, 11) is 2.93. The molecule has 0 radical (unpaired) electrons. The number of likely N-dealkylation sites (tertiary alicyclic amines) is 2. The lowest BCUT2D eigenvalue weighted by Crippen LogP contribution is -2.57.